The molecule has 1 amide bonds. The Morgan fingerprint density at radius 1 is 0.957 bits per heavy atom. The molecule has 2 heteroatoms. The second kappa shape index (κ2) is 6.66. The van der Waals surface area contributed by atoms with Crippen LogP contribution in [-0.2, 0) is 11.2 Å². The summed E-state index contributed by atoms with van der Waals surface area (Å²) < 4.78 is 0. The summed E-state index contributed by atoms with van der Waals surface area (Å²) in [5.74, 6) is 0.0191. The Balaban J connectivity index is 1.96. The van der Waals surface area contributed by atoms with Gasteiger partial charge in [0, 0.05) is 13.5 Å². The second-order valence-electron chi connectivity index (χ2n) is 5.95. The summed E-state index contributed by atoms with van der Waals surface area (Å²) in [6.07, 6.45) is 0.842. The molecule has 0 fully saturated rings. The zero-order chi connectivity index (χ0) is 16.2. The van der Waals surface area contributed by atoms with Crippen molar-refractivity contribution in [1.29, 1.82) is 0 Å². The third kappa shape index (κ3) is 3.59. The van der Waals surface area contributed by atoms with E-state index in [0.29, 0.717) is 6.54 Å². The molecule has 0 atom stereocenters. The average Bonchev–Trinajstić information content (AvgIpc) is 2.55. The summed E-state index contributed by atoms with van der Waals surface area (Å²) >= 11 is 0. The smallest absolute Gasteiger partial charge is 0.216 e. The minimum atomic E-state index is 0.0191. The van der Waals surface area contributed by atoms with Crippen LogP contribution in [0.1, 0.15) is 18.1 Å². The Bertz CT molecular complexity index is 834. The molecule has 0 saturated carbocycles. The fourth-order valence-corrected chi connectivity index (χ4v) is 2.85. The Morgan fingerprint density at radius 2 is 1.70 bits per heavy atom. The first-order valence-electron chi connectivity index (χ1n) is 7.96. The Hall–Kier alpha value is -2.61. The normalized spacial score (nSPS) is 10.7. The maximum atomic E-state index is 11.1. The molecule has 0 saturated heterocycles. The summed E-state index contributed by atoms with van der Waals surface area (Å²) in [5.41, 5.74) is 4.99. The number of amides is 1. The molecule has 1 N–H and O–H groups in total. The standard InChI is InChI=1S/C21H21NO/c1-15-6-8-17(9-7-15)20-11-10-18-4-3-5-19(21(18)14-20)12-13-22-16(2)23/h3-11,14H,12-13H2,1-2H3,(H,22,23). The first-order valence-corrected chi connectivity index (χ1v) is 7.96. The average molecular weight is 303 g/mol. The summed E-state index contributed by atoms with van der Waals surface area (Å²) in [6.45, 7) is 4.33. The minimum Gasteiger partial charge on any atom is -0.356 e. The van der Waals surface area contributed by atoms with Gasteiger partial charge in [-0.05, 0) is 46.9 Å². The maximum absolute atomic E-state index is 11.1. The van der Waals surface area contributed by atoms with E-state index < -0.39 is 0 Å². The van der Waals surface area contributed by atoms with Gasteiger partial charge in [-0.15, -0.1) is 0 Å². The predicted molar refractivity (Wildman–Crippen MR) is 96.5 cm³/mol. The number of rotatable bonds is 4. The molecule has 0 aromatic heterocycles. The lowest BCUT2D eigenvalue weighted by atomic mass is 9.96. The van der Waals surface area contributed by atoms with Gasteiger partial charge in [0.2, 0.25) is 5.91 Å². The number of hydrogen-bond acceptors (Lipinski definition) is 1. The van der Waals surface area contributed by atoms with Crippen molar-refractivity contribution < 1.29 is 4.79 Å². The van der Waals surface area contributed by atoms with E-state index in [0.717, 1.165) is 6.42 Å². The monoisotopic (exact) mass is 303 g/mol. The lowest BCUT2D eigenvalue weighted by Gasteiger charge is -2.10. The SMILES string of the molecule is CC(=O)NCCc1cccc2ccc(-c3ccc(C)cc3)cc12. The molecule has 0 heterocycles. The summed E-state index contributed by atoms with van der Waals surface area (Å²) in [4.78, 5) is 11.1. The molecular formula is C21H21NO. The van der Waals surface area contributed by atoms with Crippen LogP contribution in [0.4, 0.5) is 0 Å². The van der Waals surface area contributed by atoms with Crippen molar-refractivity contribution in [3.8, 4) is 11.1 Å². The van der Waals surface area contributed by atoms with Crippen molar-refractivity contribution in [3.63, 3.8) is 0 Å². The molecule has 116 valence electrons. The van der Waals surface area contributed by atoms with Crippen molar-refractivity contribution >= 4 is 16.7 Å². The minimum absolute atomic E-state index is 0.0191. The van der Waals surface area contributed by atoms with Crippen molar-refractivity contribution in [2.45, 2.75) is 20.3 Å². The fourth-order valence-electron chi connectivity index (χ4n) is 2.85. The number of benzene rings is 3. The van der Waals surface area contributed by atoms with Gasteiger partial charge in [0.05, 0.1) is 0 Å². The third-order valence-electron chi connectivity index (χ3n) is 4.13. The Labute approximate surface area is 137 Å². The first kappa shape index (κ1) is 15.3. The second-order valence-corrected chi connectivity index (χ2v) is 5.95. The van der Waals surface area contributed by atoms with Crippen LogP contribution in [0.25, 0.3) is 21.9 Å². The van der Waals surface area contributed by atoms with Gasteiger partial charge in [0.15, 0.2) is 0 Å². The van der Waals surface area contributed by atoms with Crippen LogP contribution in [0.5, 0.6) is 0 Å². The van der Waals surface area contributed by atoms with Gasteiger partial charge >= 0.3 is 0 Å². The van der Waals surface area contributed by atoms with Crippen molar-refractivity contribution in [1.82, 2.24) is 5.32 Å². The van der Waals surface area contributed by atoms with Gasteiger partial charge in [-0.1, -0.05) is 60.2 Å². The van der Waals surface area contributed by atoms with E-state index >= 15 is 0 Å². The molecule has 3 aromatic rings. The number of aryl methyl sites for hydroxylation is 1. The third-order valence-corrected chi connectivity index (χ3v) is 4.13. The van der Waals surface area contributed by atoms with E-state index in [1.165, 1.54) is 33.0 Å². The summed E-state index contributed by atoms with van der Waals surface area (Å²) in [7, 11) is 0. The van der Waals surface area contributed by atoms with Gasteiger partial charge < -0.3 is 5.32 Å². The van der Waals surface area contributed by atoms with E-state index in [1.807, 2.05) is 0 Å². The van der Waals surface area contributed by atoms with Gasteiger partial charge in [-0.25, -0.2) is 0 Å². The molecule has 0 radical (unpaired) electrons. The predicted octanol–water partition coefficient (Wildman–Crippen LogP) is 4.49. The van der Waals surface area contributed by atoms with Crippen LogP contribution >= 0.6 is 0 Å². The number of hydrogen-bond donors (Lipinski definition) is 1. The van der Waals surface area contributed by atoms with Crippen LogP contribution < -0.4 is 5.32 Å². The number of nitrogens with one attached hydrogen (secondary N) is 1. The lowest BCUT2D eigenvalue weighted by molar-refractivity contribution is -0.118. The van der Waals surface area contributed by atoms with Crippen LogP contribution in [0, 0.1) is 6.92 Å². The number of carbonyl (C=O) groups excluding carboxylic acids is 1. The molecule has 2 nitrogen and oxygen atoms in total. The Kier molecular flexibility index (Phi) is 4.42. The molecular weight excluding hydrogens is 282 g/mol. The largest absolute Gasteiger partial charge is 0.356 e. The molecule has 0 aliphatic heterocycles. The molecule has 3 rings (SSSR count). The highest BCUT2D eigenvalue weighted by Crippen LogP contribution is 2.27. The zero-order valence-electron chi connectivity index (χ0n) is 13.6. The molecule has 0 aliphatic carbocycles. The van der Waals surface area contributed by atoms with E-state index in [1.54, 1.807) is 6.92 Å². The van der Waals surface area contributed by atoms with Crippen molar-refractivity contribution in [3.05, 3.63) is 71.8 Å². The summed E-state index contributed by atoms with van der Waals surface area (Å²) in [5, 5.41) is 5.37. The highest BCUT2D eigenvalue weighted by Gasteiger charge is 2.04. The van der Waals surface area contributed by atoms with Gasteiger partial charge in [0.25, 0.3) is 0 Å². The van der Waals surface area contributed by atoms with Gasteiger partial charge in [0.1, 0.15) is 0 Å². The van der Waals surface area contributed by atoms with Crippen LogP contribution in [-0.4, -0.2) is 12.5 Å². The lowest BCUT2D eigenvalue weighted by Crippen LogP contribution is -2.22. The molecule has 0 unspecified atom stereocenters. The van der Waals surface area contributed by atoms with Crippen LogP contribution in [0.15, 0.2) is 60.7 Å². The van der Waals surface area contributed by atoms with Crippen molar-refractivity contribution in [2.24, 2.45) is 0 Å². The van der Waals surface area contributed by atoms with Crippen molar-refractivity contribution in [2.75, 3.05) is 6.54 Å². The molecule has 0 bridgehead atoms. The van der Waals surface area contributed by atoms with E-state index in [2.05, 4.69) is 72.9 Å². The topological polar surface area (TPSA) is 29.1 Å². The number of carbonyl (C=O) groups is 1. The fraction of sp³-hybridized carbons (Fsp3) is 0.190. The number of fused-ring (bicyclic) bond motifs is 1. The molecule has 3 aromatic carbocycles. The highest BCUT2D eigenvalue weighted by molar-refractivity contribution is 5.90. The van der Waals surface area contributed by atoms with E-state index in [9.17, 15) is 4.79 Å². The molecule has 0 aliphatic rings. The molecule has 23 heavy (non-hydrogen) atoms. The quantitative estimate of drug-likeness (QED) is 0.755. The Morgan fingerprint density at radius 3 is 2.43 bits per heavy atom. The van der Waals surface area contributed by atoms with Crippen LogP contribution in [0.2, 0.25) is 0 Å². The zero-order valence-corrected chi connectivity index (χ0v) is 13.6. The molecule has 0 spiro atoms. The first-order chi connectivity index (χ1) is 11.1. The van der Waals surface area contributed by atoms with Gasteiger partial charge in [-0.2, -0.15) is 0 Å². The van der Waals surface area contributed by atoms with E-state index in [-0.39, 0.29) is 5.91 Å². The highest BCUT2D eigenvalue weighted by atomic mass is 16.1. The van der Waals surface area contributed by atoms with Gasteiger partial charge in [-0.3, -0.25) is 4.79 Å². The van der Waals surface area contributed by atoms with Crippen LogP contribution in [0.3, 0.4) is 0 Å². The maximum Gasteiger partial charge on any atom is 0.216 e. The van der Waals surface area contributed by atoms with E-state index in [4.69, 9.17) is 0 Å². The summed E-state index contributed by atoms with van der Waals surface area (Å²) in [6, 6.07) is 21.6.